The minimum absolute atomic E-state index is 0.325. The number of aryl methyl sites for hydroxylation is 2. The Hall–Kier alpha value is -1.96. The molecule has 0 saturated heterocycles. The SMILES string of the molecule is Cc1cc(C2CCCC(c3cc(C)c(O)c(C(C)C)c3)C2)cc(C(C)C)c1O. The molecule has 2 atom stereocenters. The molecule has 0 aliphatic heterocycles. The summed E-state index contributed by atoms with van der Waals surface area (Å²) in [6.45, 7) is 12.6. The summed E-state index contributed by atoms with van der Waals surface area (Å²) >= 11 is 0. The molecule has 2 unspecified atom stereocenters. The topological polar surface area (TPSA) is 40.5 Å². The molecule has 0 heterocycles. The maximum Gasteiger partial charge on any atom is 0.121 e. The number of hydrogen-bond donors (Lipinski definition) is 2. The summed E-state index contributed by atoms with van der Waals surface area (Å²) in [6.07, 6.45) is 4.80. The largest absolute Gasteiger partial charge is 0.507 e. The van der Waals surface area contributed by atoms with E-state index < -0.39 is 0 Å². The molecule has 2 nitrogen and oxygen atoms in total. The first-order valence-electron chi connectivity index (χ1n) is 10.9. The van der Waals surface area contributed by atoms with Crippen molar-refractivity contribution in [3.8, 4) is 11.5 Å². The van der Waals surface area contributed by atoms with E-state index in [-0.39, 0.29) is 0 Å². The molecule has 2 heteroatoms. The Morgan fingerprint density at radius 2 is 1.11 bits per heavy atom. The Bertz CT molecular complexity index is 778. The van der Waals surface area contributed by atoms with Crippen LogP contribution >= 0.6 is 0 Å². The second kappa shape index (κ2) is 8.19. The normalized spacial score (nSPS) is 20.1. The second-order valence-electron chi connectivity index (χ2n) is 9.42. The minimum Gasteiger partial charge on any atom is -0.507 e. The van der Waals surface area contributed by atoms with Crippen LogP contribution in [0.2, 0.25) is 0 Å². The number of benzene rings is 2. The summed E-state index contributed by atoms with van der Waals surface area (Å²) in [5.41, 5.74) is 6.88. The third-order valence-corrected chi connectivity index (χ3v) is 6.57. The zero-order valence-corrected chi connectivity index (χ0v) is 18.3. The van der Waals surface area contributed by atoms with Crippen molar-refractivity contribution >= 4 is 0 Å². The minimum atomic E-state index is 0.325. The van der Waals surface area contributed by atoms with Gasteiger partial charge in [0.25, 0.3) is 0 Å². The van der Waals surface area contributed by atoms with E-state index in [0.29, 0.717) is 35.2 Å². The van der Waals surface area contributed by atoms with Gasteiger partial charge in [0.2, 0.25) is 0 Å². The van der Waals surface area contributed by atoms with Crippen molar-refractivity contribution in [1.29, 1.82) is 0 Å². The van der Waals surface area contributed by atoms with Crippen molar-refractivity contribution in [3.05, 3.63) is 57.6 Å². The van der Waals surface area contributed by atoms with E-state index in [4.69, 9.17) is 0 Å². The first-order valence-corrected chi connectivity index (χ1v) is 10.9. The van der Waals surface area contributed by atoms with Crippen LogP contribution in [0.15, 0.2) is 24.3 Å². The van der Waals surface area contributed by atoms with Crippen molar-refractivity contribution in [2.75, 3.05) is 0 Å². The molecule has 3 rings (SSSR count). The number of hydrogen-bond acceptors (Lipinski definition) is 2. The zero-order chi connectivity index (χ0) is 20.6. The molecule has 28 heavy (non-hydrogen) atoms. The van der Waals surface area contributed by atoms with Crippen LogP contribution in [-0.2, 0) is 0 Å². The molecular formula is C26H36O2. The monoisotopic (exact) mass is 380 g/mol. The lowest BCUT2D eigenvalue weighted by atomic mass is 9.74. The van der Waals surface area contributed by atoms with Gasteiger partial charge in [-0.2, -0.15) is 0 Å². The van der Waals surface area contributed by atoms with Crippen LogP contribution < -0.4 is 0 Å². The van der Waals surface area contributed by atoms with Crippen LogP contribution in [0.1, 0.15) is 110 Å². The van der Waals surface area contributed by atoms with Crippen LogP contribution in [0, 0.1) is 13.8 Å². The van der Waals surface area contributed by atoms with Crippen LogP contribution in [0.3, 0.4) is 0 Å². The maximum absolute atomic E-state index is 10.4. The highest BCUT2D eigenvalue weighted by Gasteiger charge is 2.27. The van der Waals surface area contributed by atoms with Gasteiger partial charge in [0.05, 0.1) is 0 Å². The molecule has 1 saturated carbocycles. The zero-order valence-electron chi connectivity index (χ0n) is 18.3. The Balaban J connectivity index is 1.92. The smallest absolute Gasteiger partial charge is 0.121 e. The van der Waals surface area contributed by atoms with Crippen LogP contribution in [0.4, 0.5) is 0 Å². The Morgan fingerprint density at radius 3 is 1.46 bits per heavy atom. The molecule has 0 radical (unpaired) electrons. The lowest BCUT2D eigenvalue weighted by molar-refractivity contribution is 0.391. The van der Waals surface area contributed by atoms with Crippen molar-refractivity contribution < 1.29 is 10.2 Å². The quantitative estimate of drug-likeness (QED) is 0.580. The van der Waals surface area contributed by atoms with E-state index in [1.165, 1.54) is 30.4 Å². The molecule has 1 fully saturated rings. The average Bonchev–Trinajstić information content (AvgIpc) is 2.65. The highest BCUT2D eigenvalue weighted by atomic mass is 16.3. The third kappa shape index (κ3) is 4.06. The van der Waals surface area contributed by atoms with Crippen molar-refractivity contribution in [1.82, 2.24) is 0 Å². The fourth-order valence-electron chi connectivity index (χ4n) is 4.82. The number of aromatic hydroxyl groups is 2. The number of phenolic OH excluding ortho intramolecular Hbond substituents is 2. The Morgan fingerprint density at radius 1 is 0.714 bits per heavy atom. The van der Waals surface area contributed by atoms with Crippen molar-refractivity contribution in [3.63, 3.8) is 0 Å². The van der Waals surface area contributed by atoms with Gasteiger partial charge in [0.1, 0.15) is 11.5 Å². The van der Waals surface area contributed by atoms with Gasteiger partial charge in [0.15, 0.2) is 0 Å². The first-order chi connectivity index (χ1) is 13.2. The molecule has 0 spiro atoms. The summed E-state index contributed by atoms with van der Waals surface area (Å²) in [5.74, 6) is 2.64. The van der Waals surface area contributed by atoms with Gasteiger partial charge in [-0.25, -0.2) is 0 Å². The lowest BCUT2D eigenvalue weighted by Crippen LogP contribution is -2.14. The molecule has 2 aromatic carbocycles. The van der Waals surface area contributed by atoms with Crippen molar-refractivity contribution in [2.45, 2.75) is 90.9 Å². The Kier molecular flexibility index (Phi) is 6.07. The summed E-state index contributed by atoms with van der Waals surface area (Å²) in [7, 11) is 0. The standard InChI is InChI=1S/C26H36O2/c1-15(2)23-13-21(10-17(5)25(23)27)19-8-7-9-20(12-19)22-11-18(6)26(28)24(14-22)16(3)4/h10-11,13-16,19-20,27-28H,7-9,12H2,1-6H3. The van der Waals surface area contributed by atoms with E-state index in [0.717, 1.165) is 28.7 Å². The number of rotatable bonds is 4. The molecule has 2 N–H and O–H groups in total. The maximum atomic E-state index is 10.4. The van der Waals surface area contributed by atoms with Crippen molar-refractivity contribution in [2.24, 2.45) is 0 Å². The Labute approximate surface area is 170 Å². The summed E-state index contributed by atoms with van der Waals surface area (Å²) < 4.78 is 0. The van der Waals surface area contributed by atoms with Gasteiger partial charge >= 0.3 is 0 Å². The second-order valence-corrected chi connectivity index (χ2v) is 9.42. The first kappa shape index (κ1) is 20.8. The average molecular weight is 381 g/mol. The fraction of sp³-hybridized carbons (Fsp3) is 0.538. The molecule has 2 aromatic rings. The van der Waals surface area contributed by atoms with E-state index in [9.17, 15) is 10.2 Å². The number of phenols is 2. The predicted molar refractivity (Wildman–Crippen MR) is 118 cm³/mol. The molecule has 1 aliphatic carbocycles. The molecular weight excluding hydrogens is 344 g/mol. The summed E-state index contributed by atoms with van der Waals surface area (Å²) in [4.78, 5) is 0. The van der Waals surface area contributed by atoms with E-state index in [1.54, 1.807) is 0 Å². The molecule has 0 aromatic heterocycles. The van der Waals surface area contributed by atoms with Gasteiger partial charge < -0.3 is 10.2 Å². The lowest BCUT2D eigenvalue weighted by Gasteiger charge is -2.31. The predicted octanol–water partition coefficient (Wildman–Crippen LogP) is 7.40. The van der Waals surface area contributed by atoms with E-state index >= 15 is 0 Å². The highest BCUT2D eigenvalue weighted by Crippen LogP contribution is 2.44. The fourth-order valence-corrected chi connectivity index (χ4v) is 4.82. The third-order valence-electron chi connectivity index (χ3n) is 6.57. The molecule has 1 aliphatic rings. The van der Waals surface area contributed by atoms with Crippen LogP contribution in [0.25, 0.3) is 0 Å². The van der Waals surface area contributed by atoms with Gasteiger partial charge in [-0.3, -0.25) is 0 Å². The highest BCUT2D eigenvalue weighted by molar-refractivity contribution is 5.47. The van der Waals surface area contributed by atoms with Gasteiger partial charge in [-0.1, -0.05) is 58.4 Å². The molecule has 0 amide bonds. The van der Waals surface area contributed by atoms with Crippen LogP contribution in [-0.4, -0.2) is 10.2 Å². The molecule has 152 valence electrons. The molecule has 0 bridgehead atoms. The van der Waals surface area contributed by atoms with Gasteiger partial charge in [-0.05, 0) is 90.2 Å². The summed E-state index contributed by atoms with van der Waals surface area (Å²) in [6, 6.07) is 8.86. The van der Waals surface area contributed by atoms with E-state index in [2.05, 4.69) is 52.0 Å². The summed E-state index contributed by atoms with van der Waals surface area (Å²) in [5, 5.41) is 20.9. The van der Waals surface area contributed by atoms with Gasteiger partial charge in [-0.15, -0.1) is 0 Å². The van der Waals surface area contributed by atoms with Gasteiger partial charge in [0, 0.05) is 0 Å². The van der Waals surface area contributed by atoms with Crippen LogP contribution in [0.5, 0.6) is 11.5 Å². The van der Waals surface area contributed by atoms with E-state index in [1.807, 2.05) is 13.8 Å².